The minimum atomic E-state index is -1.19. The van der Waals surface area contributed by atoms with Crippen molar-refractivity contribution in [1.29, 1.82) is 0 Å². The third kappa shape index (κ3) is 3.15. The van der Waals surface area contributed by atoms with Crippen LogP contribution in [-0.4, -0.2) is 35.3 Å². The summed E-state index contributed by atoms with van der Waals surface area (Å²) >= 11 is 12.4. The Kier molecular flexibility index (Phi) is 5.23. The Morgan fingerprint density at radius 2 is 2.03 bits per heavy atom. The van der Waals surface area contributed by atoms with E-state index in [1.807, 2.05) is 13.0 Å². The van der Waals surface area contributed by atoms with Crippen LogP contribution in [0.2, 0.25) is 10.0 Å². The van der Waals surface area contributed by atoms with Crippen molar-refractivity contribution in [1.82, 2.24) is 10.2 Å². The second kappa shape index (κ2) is 7.72. The molecule has 0 bridgehead atoms. The zero-order chi connectivity index (χ0) is 22.8. The molecule has 0 aromatic heterocycles. The molecular formula is C24H24Cl2FN3O2. The van der Waals surface area contributed by atoms with Crippen molar-refractivity contribution in [3.8, 4) is 0 Å². The highest BCUT2D eigenvalue weighted by Gasteiger charge is 2.66. The lowest BCUT2D eigenvalue weighted by atomic mass is 9.73. The van der Waals surface area contributed by atoms with Crippen molar-refractivity contribution in [3.05, 3.63) is 63.4 Å². The van der Waals surface area contributed by atoms with E-state index in [0.717, 1.165) is 18.4 Å². The van der Waals surface area contributed by atoms with Crippen LogP contribution >= 0.6 is 23.2 Å². The molecule has 0 radical (unpaired) electrons. The van der Waals surface area contributed by atoms with E-state index in [9.17, 15) is 9.59 Å². The Labute approximate surface area is 196 Å². The smallest absolute Gasteiger partial charge is 0.250 e. The highest BCUT2D eigenvalue weighted by Crippen LogP contribution is 2.58. The first-order valence-corrected chi connectivity index (χ1v) is 11.6. The standard InChI is InChI=1S/C24H24Cl2FN3O2/c1-12-22(28-13(2)31)20(16-4-3-5-18(26)21(16)27)24(30(12)11-14-6-7-14)17-9-8-15(25)10-19(17)29-23(24)32/h3-5,8-10,12,14,20,22H,6-7,11H2,1-2H3,(H,28,31)(H,29,32)/t12-,20-,22+,24+/m0/s1. The van der Waals surface area contributed by atoms with Gasteiger partial charge in [0.2, 0.25) is 11.8 Å². The van der Waals surface area contributed by atoms with E-state index in [4.69, 9.17) is 23.2 Å². The summed E-state index contributed by atoms with van der Waals surface area (Å²) in [5, 5.41) is 6.51. The largest absolute Gasteiger partial charge is 0.351 e. The maximum atomic E-state index is 15.5. The van der Waals surface area contributed by atoms with E-state index in [0.29, 0.717) is 28.7 Å². The van der Waals surface area contributed by atoms with Gasteiger partial charge in [-0.25, -0.2) is 4.39 Å². The number of likely N-dealkylation sites (tertiary alicyclic amines) is 1. The Hall–Kier alpha value is -2.15. The molecule has 2 aromatic rings. The van der Waals surface area contributed by atoms with Crippen LogP contribution in [0.1, 0.15) is 43.7 Å². The van der Waals surface area contributed by atoms with Gasteiger partial charge in [0, 0.05) is 41.7 Å². The number of benzene rings is 2. The molecule has 5 nitrogen and oxygen atoms in total. The highest BCUT2D eigenvalue weighted by atomic mass is 35.5. The molecule has 1 aliphatic carbocycles. The van der Waals surface area contributed by atoms with Gasteiger partial charge >= 0.3 is 0 Å². The lowest BCUT2D eigenvalue weighted by molar-refractivity contribution is -0.128. The van der Waals surface area contributed by atoms with Crippen LogP contribution in [0.4, 0.5) is 10.1 Å². The molecule has 1 saturated heterocycles. The first-order valence-electron chi connectivity index (χ1n) is 10.8. The molecule has 3 aliphatic rings. The maximum Gasteiger partial charge on any atom is 0.250 e. The normalized spacial score (nSPS) is 29.3. The van der Waals surface area contributed by atoms with E-state index >= 15 is 4.39 Å². The average molecular weight is 476 g/mol. The van der Waals surface area contributed by atoms with Gasteiger partial charge in [-0.3, -0.25) is 14.5 Å². The predicted molar refractivity (Wildman–Crippen MR) is 122 cm³/mol. The summed E-state index contributed by atoms with van der Waals surface area (Å²) in [6.07, 6.45) is 2.19. The van der Waals surface area contributed by atoms with Gasteiger partial charge in [-0.15, -0.1) is 0 Å². The number of rotatable bonds is 4. The fourth-order valence-corrected chi connectivity index (χ4v) is 5.98. The molecule has 5 rings (SSSR count). The van der Waals surface area contributed by atoms with Crippen LogP contribution in [0.25, 0.3) is 0 Å². The van der Waals surface area contributed by atoms with Crippen LogP contribution in [-0.2, 0) is 15.1 Å². The number of nitrogens with zero attached hydrogens (tertiary/aromatic N) is 1. The van der Waals surface area contributed by atoms with Gasteiger partial charge in [-0.05, 0) is 49.4 Å². The number of hydrogen-bond acceptors (Lipinski definition) is 3. The predicted octanol–water partition coefficient (Wildman–Crippen LogP) is 4.68. The molecule has 2 aromatic carbocycles. The summed E-state index contributed by atoms with van der Waals surface area (Å²) in [7, 11) is 0. The minimum absolute atomic E-state index is 0.0118. The van der Waals surface area contributed by atoms with Gasteiger partial charge in [-0.2, -0.15) is 0 Å². The van der Waals surface area contributed by atoms with Gasteiger partial charge < -0.3 is 10.6 Å². The molecular weight excluding hydrogens is 452 g/mol. The highest BCUT2D eigenvalue weighted by molar-refractivity contribution is 6.31. The van der Waals surface area contributed by atoms with Crippen molar-refractivity contribution < 1.29 is 14.0 Å². The van der Waals surface area contributed by atoms with Crippen LogP contribution in [0.5, 0.6) is 0 Å². The fourth-order valence-electron chi connectivity index (χ4n) is 5.62. The zero-order valence-electron chi connectivity index (χ0n) is 17.8. The van der Waals surface area contributed by atoms with E-state index in [1.54, 1.807) is 24.3 Å². The zero-order valence-corrected chi connectivity index (χ0v) is 19.3. The summed E-state index contributed by atoms with van der Waals surface area (Å²) in [4.78, 5) is 28.3. The molecule has 168 valence electrons. The lowest BCUT2D eigenvalue weighted by Gasteiger charge is -2.39. The minimum Gasteiger partial charge on any atom is -0.351 e. The lowest BCUT2D eigenvalue weighted by Crippen LogP contribution is -2.52. The molecule has 2 N–H and O–H groups in total. The van der Waals surface area contributed by atoms with Gasteiger partial charge in [0.25, 0.3) is 0 Å². The van der Waals surface area contributed by atoms with E-state index in [2.05, 4.69) is 15.5 Å². The van der Waals surface area contributed by atoms with Crippen molar-refractivity contribution in [2.45, 2.75) is 50.2 Å². The second-order valence-corrected chi connectivity index (χ2v) is 9.94. The second-order valence-electron chi connectivity index (χ2n) is 9.09. The molecule has 2 heterocycles. The third-order valence-corrected chi connectivity index (χ3v) is 7.63. The summed E-state index contributed by atoms with van der Waals surface area (Å²) in [5.74, 6) is -1.24. The summed E-state index contributed by atoms with van der Waals surface area (Å²) < 4.78 is 15.5. The monoisotopic (exact) mass is 475 g/mol. The van der Waals surface area contributed by atoms with Gasteiger partial charge in [-0.1, -0.05) is 41.4 Å². The molecule has 32 heavy (non-hydrogen) atoms. The molecule has 0 unspecified atom stereocenters. The van der Waals surface area contributed by atoms with Crippen LogP contribution in [0.15, 0.2) is 36.4 Å². The number of fused-ring (bicyclic) bond motifs is 2. The number of amides is 2. The van der Waals surface area contributed by atoms with Crippen LogP contribution in [0.3, 0.4) is 0 Å². The third-order valence-electron chi connectivity index (χ3n) is 7.10. The number of anilines is 1. The SMILES string of the molecule is CC(=O)N[C@@H]1[C@H](C)N(CC2CC2)[C@@]2(C(=O)Nc3cc(Cl)ccc32)[C@H]1c1cccc(Cl)c1F. The van der Waals surface area contributed by atoms with Gasteiger partial charge in [0.15, 0.2) is 0 Å². The molecule has 1 saturated carbocycles. The average Bonchev–Trinajstić information content (AvgIpc) is 3.47. The number of nitrogens with one attached hydrogen (secondary N) is 2. The first kappa shape index (κ1) is 21.7. The quantitative estimate of drug-likeness (QED) is 0.674. The molecule has 2 fully saturated rings. The van der Waals surface area contributed by atoms with Crippen molar-refractivity contribution in [2.75, 3.05) is 11.9 Å². The number of carbonyl (C=O) groups is 2. The summed E-state index contributed by atoms with van der Waals surface area (Å²) in [6.45, 7) is 4.12. The van der Waals surface area contributed by atoms with Crippen molar-refractivity contribution in [2.24, 2.45) is 5.92 Å². The topological polar surface area (TPSA) is 61.4 Å². The van der Waals surface area contributed by atoms with Crippen LogP contribution in [0, 0.1) is 11.7 Å². The van der Waals surface area contributed by atoms with E-state index in [-0.39, 0.29) is 22.9 Å². The van der Waals surface area contributed by atoms with Crippen LogP contribution < -0.4 is 10.6 Å². The number of halogens is 3. The Morgan fingerprint density at radius 1 is 1.28 bits per heavy atom. The van der Waals surface area contributed by atoms with E-state index in [1.165, 1.54) is 13.0 Å². The molecule has 1 spiro atoms. The van der Waals surface area contributed by atoms with E-state index < -0.39 is 23.3 Å². The number of hydrogen-bond donors (Lipinski definition) is 2. The molecule has 2 aliphatic heterocycles. The van der Waals surface area contributed by atoms with Gasteiger partial charge in [0.1, 0.15) is 11.4 Å². The Bertz CT molecular complexity index is 1120. The van der Waals surface area contributed by atoms with Crippen molar-refractivity contribution in [3.63, 3.8) is 0 Å². The summed E-state index contributed by atoms with van der Waals surface area (Å²) in [6, 6.07) is 9.44. The molecule has 2 amide bonds. The Balaban J connectivity index is 1.79. The summed E-state index contributed by atoms with van der Waals surface area (Å²) in [5.41, 5.74) is 0.489. The van der Waals surface area contributed by atoms with Gasteiger partial charge in [0.05, 0.1) is 11.1 Å². The fraction of sp³-hybridized carbons (Fsp3) is 0.417. The Morgan fingerprint density at radius 3 is 2.72 bits per heavy atom. The van der Waals surface area contributed by atoms with Crippen molar-refractivity contribution >= 4 is 40.7 Å². The first-order chi connectivity index (χ1) is 15.2. The molecule has 8 heteroatoms. The maximum absolute atomic E-state index is 15.5. The number of carbonyl (C=O) groups excluding carboxylic acids is 2. The molecule has 4 atom stereocenters.